The second-order valence-corrected chi connectivity index (χ2v) is 6.01. The first-order valence-corrected chi connectivity index (χ1v) is 6.90. The van der Waals surface area contributed by atoms with Gasteiger partial charge in [0, 0.05) is 12.1 Å². The molecule has 1 aliphatic carbocycles. The Bertz CT molecular complexity index is 526. The van der Waals surface area contributed by atoms with Gasteiger partial charge in [0.05, 0.1) is 5.56 Å². The van der Waals surface area contributed by atoms with Gasteiger partial charge in [0.25, 0.3) is 0 Å². The molecule has 0 radical (unpaired) electrons. The zero-order valence-corrected chi connectivity index (χ0v) is 11.8. The summed E-state index contributed by atoms with van der Waals surface area (Å²) in [5.41, 5.74) is 0.102. The lowest BCUT2D eigenvalue weighted by Gasteiger charge is -2.37. The number of rotatable bonds is 3. The molecule has 2 rings (SSSR count). The van der Waals surface area contributed by atoms with Crippen LogP contribution in [0.15, 0.2) is 18.3 Å². The molecule has 1 amide bonds. The standard InChI is InChI=1S/C15H20N2O3/c1-15(2)7-4-3-5-11(15)13(18)17-12-9-10(14(19)20)6-8-16-12/h6,8-9,11H,3-5,7H2,1-2H3,(H,19,20)(H,16,17,18). The van der Waals surface area contributed by atoms with Crippen molar-refractivity contribution in [3.05, 3.63) is 23.9 Å². The van der Waals surface area contributed by atoms with Gasteiger partial charge in [-0.2, -0.15) is 0 Å². The number of anilines is 1. The van der Waals surface area contributed by atoms with E-state index in [1.165, 1.54) is 18.3 Å². The summed E-state index contributed by atoms with van der Waals surface area (Å²) >= 11 is 0. The molecular formula is C15H20N2O3. The molecule has 20 heavy (non-hydrogen) atoms. The topological polar surface area (TPSA) is 79.3 Å². The number of amides is 1. The Hall–Kier alpha value is -1.91. The maximum Gasteiger partial charge on any atom is 0.335 e. The van der Waals surface area contributed by atoms with E-state index in [9.17, 15) is 9.59 Å². The van der Waals surface area contributed by atoms with Crippen LogP contribution < -0.4 is 5.32 Å². The molecule has 1 saturated carbocycles. The summed E-state index contributed by atoms with van der Waals surface area (Å²) < 4.78 is 0. The van der Waals surface area contributed by atoms with Gasteiger partial charge in [0.2, 0.25) is 5.91 Å². The second-order valence-electron chi connectivity index (χ2n) is 6.01. The van der Waals surface area contributed by atoms with E-state index >= 15 is 0 Å². The molecule has 2 N–H and O–H groups in total. The molecule has 1 aliphatic rings. The van der Waals surface area contributed by atoms with Crippen LogP contribution in [-0.4, -0.2) is 22.0 Å². The van der Waals surface area contributed by atoms with Gasteiger partial charge in [-0.3, -0.25) is 4.79 Å². The second kappa shape index (κ2) is 5.61. The SMILES string of the molecule is CC1(C)CCCCC1C(=O)Nc1cc(C(=O)O)ccn1. The monoisotopic (exact) mass is 276 g/mol. The van der Waals surface area contributed by atoms with E-state index in [1.54, 1.807) is 0 Å². The molecule has 0 saturated heterocycles. The van der Waals surface area contributed by atoms with Gasteiger partial charge >= 0.3 is 5.97 Å². The Morgan fingerprint density at radius 3 is 2.80 bits per heavy atom. The predicted molar refractivity (Wildman–Crippen MR) is 75.6 cm³/mol. The Balaban J connectivity index is 2.11. The van der Waals surface area contributed by atoms with Crippen molar-refractivity contribution >= 4 is 17.7 Å². The lowest BCUT2D eigenvalue weighted by atomic mass is 9.68. The minimum Gasteiger partial charge on any atom is -0.478 e. The molecule has 1 atom stereocenters. The molecule has 1 unspecified atom stereocenters. The first-order valence-electron chi connectivity index (χ1n) is 6.90. The smallest absolute Gasteiger partial charge is 0.335 e. The molecule has 0 aromatic carbocycles. The van der Waals surface area contributed by atoms with Crippen molar-refractivity contribution in [2.75, 3.05) is 5.32 Å². The number of pyridine rings is 1. The fourth-order valence-electron chi connectivity index (χ4n) is 2.83. The van der Waals surface area contributed by atoms with Crippen LogP contribution in [0.4, 0.5) is 5.82 Å². The normalized spacial score (nSPS) is 21.2. The number of nitrogens with one attached hydrogen (secondary N) is 1. The highest BCUT2D eigenvalue weighted by atomic mass is 16.4. The number of hydrogen-bond acceptors (Lipinski definition) is 3. The zero-order chi connectivity index (χ0) is 14.8. The van der Waals surface area contributed by atoms with E-state index in [1.807, 2.05) is 0 Å². The fourth-order valence-corrected chi connectivity index (χ4v) is 2.83. The van der Waals surface area contributed by atoms with Crippen molar-refractivity contribution in [1.82, 2.24) is 4.98 Å². The van der Waals surface area contributed by atoms with E-state index in [-0.39, 0.29) is 22.8 Å². The molecule has 5 nitrogen and oxygen atoms in total. The van der Waals surface area contributed by atoms with Crippen LogP contribution >= 0.6 is 0 Å². The van der Waals surface area contributed by atoms with Crippen LogP contribution in [0.2, 0.25) is 0 Å². The molecule has 1 fully saturated rings. The van der Waals surface area contributed by atoms with E-state index in [0.29, 0.717) is 5.82 Å². The van der Waals surface area contributed by atoms with Crippen molar-refractivity contribution < 1.29 is 14.7 Å². The van der Waals surface area contributed by atoms with Crippen LogP contribution in [0.25, 0.3) is 0 Å². The lowest BCUT2D eigenvalue weighted by Crippen LogP contribution is -2.37. The van der Waals surface area contributed by atoms with Crippen molar-refractivity contribution in [1.29, 1.82) is 0 Å². The molecular weight excluding hydrogens is 256 g/mol. The third kappa shape index (κ3) is 3.15. The Morgan fingerprint density at radius 1 is 1.40 bits per heavy atom. The quantitative estimate of drug-likeness (QED) is 0.889. The highest BCUT2D eigenvalue weighted by molar-refractivity contribution is 5.94. The van der Waals surface area contributed by atoms with Gasteiger partial charge in [0.15, 0.2) is 0 Å². The first kappa shape index (κ1) is 14.5. The van der Waals surface area contributed by atoms with Gasteiger partial charge < -0.3 is 10.4 Å². The lowest BCUT2D eigenvalue weighted by molar-refractivity contribution is -0.124. The van der Waals surface area contributed by atoms with Crippen molar-refractivity contribution in [3.63, 3.8) is 0 Å². The van der Waals surface area contributed by atoms with E-state index in [4.69, 9.17) is 5.11 Å². The minimum atomic E-state index is -1.03. The number of carbonyl (C=O) groups excluding carboxylic acids is 1. The van der Waals surface area contributed by atoms with Crippen molar-refractivity contribution in [2.24, 2.45) is 11.3 Å². The van der Waals surface area contributed by atoms with Gasteiger partial charge in [-0.15, -0.1) is 0 Å². The molecule has 108 valence electrons. The Kier molecular flexibility index (Phi) is 4.06. The summed E-state index contributed by atoms with van der Waals surface area (Å²) in [6.45, 7) is 4.22. The average Bonchev–Trinajstić information content (AvgIpc) is 2.38. The third-order valence-electron chi connectivity index (χ3n) is 4.08. The highest BCUT2D eigenvalue weighted by Crippen LogP contribution is 2.40. The number of carboxylic acid groups (broad SMARTS) is 1. The number of carboxylic acids is 1. The minimum absolute atomic E-state index is 0.0211. The van der Waals surface area contributed by atoms with Crippen molar-refractivity contribution in [3.8, 4) is 0 Å². The molecule has 1 aromatic rings. The number of aromatic nitrogens is 1. The summed E-state index contributed by atoms with van der Waals surface area (Å²) in [5.74, 6) is -0.839. The summed E-state index contributed by atoms with van der Waals surface area (Å²) in [6, 6.07) is 2.79. The fraction of sp³-hybridized carbons (Fsp3) is 0.533. The zero-order valence-electron chi connectivity index (χ0n) is 11.8. The van der Waals surface area contributed by atoms with Crippen LogP contribution in [0.5, 0.6) is 0 Å². The predicted octanol–water partition coefficient (Wildman–Crippen LogP) is 2.93. The number of carbonyl (C=O) groups is 2. The summed E-state index contributed by atoms with van der Waals surface area (Å²) in [5, 5.41) is 11.7. The van der Waals surface area contributed by atoms with Gasteiger partial charge in [-0.05, 0) is 30.4 Å². The molecule has 0 aliphatic heterocycles. The van der Waals surface area contributed by atoms with E-state index in [2.05, 4.69) is 24.1 Å². The van der Waals surface area contributed by atoms with Gasteiger partial charge in [-0.1, -0.05) is 26.7 Å². The molecule has 0 spiro atoms. The van der Waals surface area contributed by atoms with Crippen LogP contribution in [-0.2, 0) is 4.79 Å². The van der Waals surface area contributed by atoms with Crippen LogP contribution in [0.3, 0.4) is 0 Å². The largest absolute Gasteiger partial charge is 0.478 e. The Morgan fingerprint density at radius 2 is 2.15 bits per heavy atom. The molecule has 0 bridgehead atoms. The van der Waals surface area contributed by atoms with Crippen LogP contribution in [0, 0.1) is 11.3 Å². The van der Waals surface area contributed by atoms with Gasteiger partial charge in [0.1, 0.15) is 5.82 Å². The third-order valence-corrected chi connectivity index (χ3v) is 4.08. The number of hydrogen-bond donors (Lipinski definition) is 2. The molecule has 5 heteroatoms. The molecule has 1 aromatic heterocycles. The summed E-state index contributed by atoms with van der Waals surface area (Å²) in [4.78, 5) is 27.3. The highest BCUT2D eigenvalue weighted by Gasteiger charge is 2.37. The van der Waals surface area contributed by atoms with Crippen LogP contribution in [0.1, 0.15) is 49.9 Å². The summed E-state index contributed by atoms with van der Waals surface area (Å²) in [7, 11) is 0. The van der Waals surface area contributed by atoms with E-state index in [0.717, 1.165) is 25.7 Å². The first-order chi connectivity index (χ1) is 9.40. The van der Waals surface area contributed by atoms with E-state index < -0.39 is 5.97 Å². The average molecular weight is 276 g/mol. The van der Waals surface area contributed by atoms with Crippen molar-refractivity contribution in [2.45, 2.75) is 39.5 Å². The summed E-state index contributed by atoms with van der Waals surface area (Å²) in [6.07, 6.45) is 5.52. The molecule has 1 heterocycles. The maximum absolute atomic E-state index is 12.4. The van der Waals surface area contributed by atoms with Gasteiger partial charge in [-0.25, -0.2) is 9.78 Å². The number of nitrogens with zero attached hydrogens (tertiary/aromatic N) is 1. The Labute approximate surface area is 118 Å². The number of aromatic carboxylic acids is 1. The maximum atomic E-state index is 12.4.